The number of likely N-dealkylation sites (tertiary alicyclic amines) is 1. The molecular formula is C15H28N2O2. The molecule has 1 saturated heterocycles. The molecule has 2 rings (SSSR count). The maximum absolute atomic E-state index is 12.0. The first-order valence-electron chi connectivity index (χ1n) is 7.58. The van der Waals surface area contributed by atoms with Crippen LogP contribution in [0.4, 0.5) is 4.79 Å². The smallest absolute Gasteiger partial charge is 0.410 e. The summed E-state index contributed by atoms with van der Waals surface area (Å²) in [5.74, 6) is 1.33. The van der Waals surface area contributed by atoms with E-state index in [4.69, 9.17) is 10.5 Å². The number of hydrogen-bond donors (Lipinski definition) is 1. The average molecular weight is 268 g/mol. The summed E-state index contributed by atoms with van der Waals surface area (Å²) in [5, 5.41) is 0. The molecule has 1 aliphatic carbocycles. The minimum atomic E-state index is -0.400. The molecule has 2 aliphatic rings. The van der Waals surface area contributed by atoms with E-state index in [1.165, 1.54) is 19.3 Å². The molecule has 0 unspecified atom stereocenters. The number of hydrogen-bond acceptors (Lipinski definition) is 3. The molecule has 19 heavy (non-hydrogen) atoms. The third-order valence-corrected chi connectivity index (χ3v) is 4.30. The van der Waals surface area contributed by atoms with E-state index in [2.05, 4.69) is 0 Å². The Hall–Kier alpha value is -0.770. The fourth-order valence-electron chi connectivity index (χ4n) is 3.36. The van der Waals surface area contributed by atoms with Gasteiger partial charge in [-0.2, -0.15) is 0 Å². The Kier molecular flexibility index (Phi) is 4.39. The lowest BCUT2D eigenvalue weighted by Crippen LogP contribution is -2.37. The van der Waals surface area contributed by atoms with E-state index >= 15 is 0 Å². The van der Waals surface area contributed by atoms with Gasteiger partial charge in [0.05, 0.1) is 0 Å². The van der Waals surface area contributed by atoms with Crippen molar-refractivity contribution in [2.45, 2.75) is 64.5 Å². The van der Waals surface area contributed by atoms with Crippen molar-refractivity contribution < 1.29 is 9.53 Å². The van der Waals surface area contributed by atoms with Crippen molar-refractivity contribution in [2.24, 2.45) is 17.6 Å². The monoisotopic (exact) mass is 268 g/mol. The molecule has 2 fully saturated rings. The van der Waals surface area contributed by atoms with Crippen LogP contribution in [0.3, 0.4) is 0 Å². The maximum Gasteiger partial charge on any atom is 0.410 e. The van der Waals surface area contributed by atoms with E-state index < -0.39 is 5.60 Å². The molecule has 3 atom stereocenters. The van der Waals surface area contributed by atoms with Gasteiger partial charge in [0.15, 0.2) is 0 Å². The van der Waals surface area contributed by atoms with Crippen molar-refractivity contribution in [1.29, 1.82) is 0 Å². The zero-order valence-electron chi connectivity index (χ0n) is 12.5. The zero-order chi connectivity index (χ0) is 14.0. The molecule has 1 amide bonds. The third-order valence-electron chi connectivity index (χ3n) is 4.30. The highest BCUT2D eigenvalue weighted by atomic mass is 16.6. The first-order valence-corrected chi connectivity index (χ1v) is 7.58. The molecule has 1 saturated carbocycles. The highest BCUT2D eigenvalue weighted by Crippen LogP contribution is 2.35. The molecule has 0 aromatic carbocycles. The molecule has 0 bridgehead atoms. The summed E-state index contributed by atoms with van der Waals surface area (Å²) in [4.78, 5) is 13.9. The van der Waals surface area contributed by atoms with Crippen molar-refractivity contribution in [3.8, 4) is 0 Å². The number of carbonyl (C=O) groups excluding carboxylic acids is 1. The first-order chi connectivity index (χ1) is 8.85. The van der Waals surface area contributed by atoms with Crippen molar-refractivity contribution in [2.75, 3.05) is 13.1 Å². The Bertz CT molecular complexity index is 325. The normalized spacial score (nSPS) is 32.4. The summed E-state index contributed by atoms with van der Waals surface area (Å²) >= 11 is 0. The SMILES string of the molecule is CC(C)(C)OC(=O)N1CC[C@@H]([C@@H]2CCC[C@H](N)C2)C1. The van der Waals surface area contributed by atoms with E-state index in [-0.39, 0.29) is 6.09 Å². The van der Waals surface area contributed by atoms with Crippen molar-refractivity contribution >= 4 is 6.09 Å². The minimum Gasteiger partial charge on any atom is -0.444 e. The van der Waals surface area contributed by atoms with Gasteiger partial charge >= 0.3 is 6.09 Å². The average Bonchev–Trinajstić information content (AvgIpc) is 2.75. The van der Waals surface area contributed by atoms with Gasteiger partial charge in [0, 0.05) is 19.1 Å². The van der Waals surface area contributed by atoms with Gasteiger partial charge in [0.1, 0.15) is 5.60 Å². The van der Waals surface area contributed by atoms with Gasteiger partial charge in [-0.1, -0.05) is 12.8 Å². The Morgan fingerprint density at radius 2 is 1.95 bits per heavy atom. The van der Waals surface area contributed by atoms with Crippen LogP contribution in [-0.4, -0.2) is 35.7 Å². The molecule has 2 N–H and O–H groups in total. The molecule has 1 heterocycles. The summed E-state index contributed by atoms with van der Waals surface area (Å²) in [6.07, 6.45) is 5.77. The Morgan fingerprint density at radius 1 is 1.21 bits per heavy atom. The lowest BCUT2D eigenvalue weighted by Gasteiger charge is -2.31. The molecule has 0 aromatic heterocycles. The summed E-state index contributed by atoms with van der Waals surface area (Å²) < 4.78 is 5.44. The molecule has 4 nitrogen and oxygen atoms in total. The Morgan fingerprint density at radius 3 is 2.58 bits per heavy atom. The van der Waals surface area contributed by atoms with Crippen LogP contribution in [0, 0.1) is 11.8 Å². The van der Waals surface area contributed by atoms with Crippen LogP contribution < -0.4 is 5.73 Å². The second-order valence-electron chi connectivity index (χ2n) is 7.16. The summed E-state index contributed by atoms with van der Waals surface area (Å²) in [6, 6.07) is 0.370. The molecule has 0 spiro atoms. The summed E-state index contributed by atoms with van der Waals surface area (Å²) in [6.45, 7) is 7.44. The summed E-state index contributed by atoms with van der Waals surface area (Å²) in [5.41, 5.74) is 5.66. The number of ether oxygens (including phenoxy) is 1. The van der Waals surface area contributed by atoms with Gasteiger partial charge in [-0.15, -0.1) is 0 Å². The number of nitrogens with two attached hydrogens (primary N) is 1. The van der Waals surface area contributed by atoms with Gasteiger partial charge in [-0.3, -0.25) is 0 Å². The topological polar surface area (TPSA) is 55.6 Å². The van der Waals surface area contributed by atoms with Gasteiger partial charge in [-0.25, -0.2) is 4.79 Å². The van der Waals surface area contributed by atoms with Crippen LogP contribution in [-0.2, 0) is 4.74 Å². The van der Waals surface area contributed by atoms with Crippen molar-refractivity contribution in [3.05, 3.63) is 0 Å². The maximum atomic E-state index is 12.0. The van der Waals surface area contributed by atoms with Crippen LogP contribution in [0.5, 0.6) is 0 Å². The van der Waals surface area contributed by atoms with E-state index in [9.17, 15) is 4.79 Å². The van der Waals surface area contributed by atoms with Crippen LogP contribution >= 0.6 is 0 Å². The van der Waals surface area contributed by atoms with E-state index in [0.717, 1.165) is 25.9 Å². The largest absolute Gasteiger partial charge is 0.444 e. The second kappa shape index (κ2) is 5.70. The molecule has 0 radical (unpaired) electrons. The second-order valence-corrected chi connectivity index (χ2v) is 7.16. The number of nitrogens with zero attached hydrogens (tertiary/aromatic N) is 1. The Balaban J connectivity index is 1.84. The molecule has 1 aliphatic heterocycles. The quantitative estimate of drug-likeness (QED) is 0.795. The number of carbonyl (C=O) groups is 1. The van der Waals surface area contributed by atoms with Crippen LogP contribution in [0.15, 0.2) is 0 Å². The molecule has 4 heteroatoms. The van der Waals surface area contributed by atoms with E-state index in [1.54, 1.807) is 0 Å². The highest BCUT2D eigenvalue weighted by Gasteiger charge is 2.35. The zero-order valence-corrected chi connectivity index (χ0v) is 12.5. The Labute approximate surface area is 116 Å². The molecular weight excluding hydrogens is 240 g/mol. The van der Waals surface area contributed by atoms with Crippen LogP contribution in [0.1, 0.15) is 52.9 Å². The number of amides is 1. The lowest BCUT2D eigenvalue weighted by molar-refractivity contribution is 0.0281. The minimum absolute atomic E-state index is 0.157. The van der Waals surface area contributed by atoms with Crippen LogP contribution in [0.2, 0.25) is 0 Å². The predicted molar refractivity (Wildman–Crippen MR) is 75.8 cm³/mol. The van der Waals surface area contributed by atoms with Gasteiger partial charge < -0.3 is 15.4 Å². The third kappa shape index (κ3) is 4.10. The highest BCUT2D eigenvalue weighted by molar-refractivity contribution is 5.68. The van der Waals surface area contributed by atoms with E-state index in [0.29, 0.717) is 17.9 Å². The van der Waals surface area contributed by atoms with Gasteiger partial charge in [0.25, 0.3) is 0 Å². The standard InChI is InChI=1S/C15H28N2O2/c1-15(2,3)19-14(18)17-8-7-12(10-17)11-5-4-6-13(16)9-11/h11-13H,4-10,16H2,1-3H3/t11-,12-,13+/m1/s1. The van der Waals surface area contributed by atoms with Crippen molar-refractivity contribution in [1.82, 2.24) is 4.90 Å². The fourth-order valence-corrected chi connectivity index (χ4v) is 3.36. The fraction of sp³-hybridized carbons (Fsp3) is 0.933. The predicted octanol–water partition coefficient (Wildman–Crippen LogP) is 2.76. The summed E-state index contributed by atoms with van der Waals surface area (Å²) in [7, 11) is 0. The number of rotatable bonds is 1. The van der Waals surface area contributed by atoms with Gasteiger partial charge in [-0.05, 0) is 51.9 Å². The first kappa shape index (κ1) is 14.6. The molecule has 110 valence electrons. The van der Waals surface area contributed by atoms with Crippen LogP contribution in [0.25, 0.3) is 0 Å². The van der Waals surface area contributed by atoms with E-state index in [1.807, 2.05) is 25.7 Å². The molecule has 0 aromatic rings. The van der Waals surface area contributed by atoms with Gasteiger partial charge in [0.2, 0.25) is 0 Å². The van der Waals surface area contributed by atoms with Crippen molar-refractivity contribution in [3.63, 3.8) is 0 Å². The lowest BCUT2D eigenvalue weighted by atomic mass is 9.78.